The van der Waals surface area contributed by atoms with Crippen molar-refractivity contribution in [2.75, 3.05) is 0 Å². The van der Waals surface area contributed by atoms with E-state index >= 15 is 0 Å². The summed E-state index contributed by atoms with van der Waals surface area (Å²) in [6.45, 7) is 3.15. The standard InChI is InChI=1S/C21H28N.C19H13N2O2.Ir/c1-20(2,3)13-17-12-19(16-10-8-7-9-11-16)22-15-18(17)14-21(4,5)6;1-9-6-13(20-8-10(9)2)12-4-5-14-16-17-15(22-14)7-11(3)21-19(17)23-18(12)16;/h7-10,12,15H,13-14H2,1-6H3;5-8H,1-3H3;/q2*-1;/i13D2,14D2;1D3,2D3,3D3;. The first-order valence-electron chi connectivity index (χ1n) is 20.9. The summed E-state index contributed by atoms with van der Waals surface area (Å²) in [5.41, 5.74) is 1.11. The van der Waals surface area contributed by atoms with Gasteiger partial charge in [-0.15, -0.1) is 48.0 Å². The maximum atomic E-state index is 8.77. The van der Waals surface area contributed by atoms with Gasteiger partial charge in [0.2, 0.25) is 5.71 Å². The van der Waals surface area contributed by atoms with Gasteiger partial charge in [0.05, 0.1) is 16.6 Å². The first kappa shape index (κ1) is 20.4. The van der Waals surface area contributed by atoms with E-state index in [-0.39, 0.29) is 65.1 Å². The molecule has 0 N–H and O–H groups in total. The maximum Gasteiger partial charge on any atom is 0.220 e. The van der Waals surface area contributed by atoms with E-state index in [1.165, 1.54) is 24.4 Å². The molecule has 5 heterocycles. The monoisotopic (exact) mass is 801 g/mol. The molecule has 0 aliphatic rings. The molecule has 0 bridgehead atoms. The molecule has 0 amide bonds. The first-order chi connectivity index (χ1) is 26.4. The Bertz CT molecular complexity index is 2610. The predicted octanol–water partition coefficient (Wildman–Crippen LogP) is 10.7. The van der Waals surface area contributed by atoms with E-state index in [1.807, 2.05) is 59.7 Å². The van der Waals surface area contributed by atoms with Gasteiger partial charge in [0.15, 0.2) is 0 Å². The average Bonchev–Trinajstić information content (AvgIpc) is 3.69. The van der Waals surface area contributed by atoms with Crippen LogP contribution in [0.1, 0.15) is 87.3 Å². The number of nitrogens with zero attached hydrogens (tertiary/aromatic N) is 3. The summed E-state index contributed by atoms with van der Waals surface area (Å²) in [7, 11) is 0. The van der Waals surface area contributed by atoms with Gasteiger partial charge in [0.25, 0.3) is 0 Å². The summed E-state index contributed by atoms with van der Waals surface area (Å²) in [6.07, 6.45) is -0.937. The van der Waals surface area contributed by atoms with Crippen LogP contribution < -0.4 is 0 Å². The minimum atomic E-state index is -2.69. The fourth-order valence-electron chi connectivity index (χ4n) is 4.98. The normalized spacial score (nSPS) is 17.7. The van der Waals surface area contributed by atoms with Gasteiger partial charge < -0.3 is 18.8 Å². The van der Waals surface area contributed by atoms with Gasteiger partial charge >= 0.3 is 0 Å². The second-order valence-electron chi connectivity index (χ2n) is 12.9. The Kier molecular flexibility index (Phi) is 5.65. The van der Waals surface area contributed by atoms with E-state index in [1.54, 1.807) is 12.1 Å². The van der Waals surface area contributed by atoms with Crippen LogP contribution in [0.2, 0.25) is 0 Å². The third kappa shape index (κ3) is 7.09. The van der Waals surface area contributed by atoms with Crippen LogP contribution in [-0.2, 0) is 32.9 Å². The molecule has 1 radical (unpaired) electrons. The van der Waals surface area contributed by atoms with Crippen molar-refractivity contribution in [1.82, 2.24) is 15.0 Å². The van der Waals surface area contributed by atoms with Gasteiger partial charge in [-0.05, 0) is 77.6 Å². The average molecular weight is 801 g/mol. The summed E-state index contributed by atoms with van der Waals surface area (Å²) in [4.78, 5) is 12.7. The Morgan fingerprint density at radius 1 is 0.783 bits per heavy atom. The smallest absolute Gasteiger partial charge is 0.220 e. The summed E-state index contributed by atoms with van der Waals surface area (Å²) in [5.74, 6) is 0. The molecule has 0 spiro atoms. The number of benzene rings is 2. The zero-order valence-electron chi connectivity index (χ0n) is 39.3. The van der Waals surface area contributed by atoms with Gasteiger partial charge in [-0.25, -0.2) is 4.98 Å². The van der Waals surface area contributed by atoms with E-state index in [9.17, 15) is 0 Å². The van der Waals surface area contributed by atoms with Gasteiger partial charge in [-0.3, -0.25) is 0 Å². The van der Waals surface area contributed by atoms with E-state index in [0.29, 0.717) is 33.2 Å². The Balaban J connectivity index is 0.000000226. The Labute approximate surface area is 303 Å². The summed E-state index contributed by atoms with van der Waals surface area (Å²) < 4.78 is 115. The van der Waals surface area contributed by atoms with Crippen molar-refractivity contribution in [3.8, 4) is 22.5 Å². The van der Waals surface area contributed by atoms with Crippen LogP contribution in [0.5, 0.6) is 0 Å². The number of hydrogen-bond donors (Lipinski definition) is 0. The zero-order chi connectivity index (χ0) is 43.2. The Morgan fingerprint density at radius 2 is 1.54 bits per heavy atom. The molecule has 0 unspecified atom stereocenters. The van der Waals surface area contributed by atoms with Crippen molar-refractivity contribution >= 4 is 33.2 Å². The Morgan fingerprint density at radius 3 is 2.24 bits per heavy atom. The third-order valence-corrected chi connectivity index (χ3v) is 6.74. The summed E-state index contributed by atoms with van der Waals surface area (Å²) in [5, 5.41) is 1.03. The summed E-state index contributed by atoms with van der Waals surface area (Å²) in [6, 6.07) is 19.2. The van der Waals surface area contributed by atoms with Crippen LogP contribution in [0.4, 0.5) is 0 Å². The number of pyridine rings is 3. The molecule has 5 nitrogen and oxygen atoms in total. The number of aryl methyl sites for hydroxylation is 3. The van der Waals surface area contributed by atoms with Crippen molar-refractivity contribution in [3.05, 3.63) is 101 Å². The van der Waals surface area contributed by atoms with Crippen molar-refractivity contribution in [2.24, 2.45) is 10.8 Å². The molecule has 46 heavy (non-hydrogen) atoms. The van der Waals surface area contributed by atoms with E-state index in [0.717, 1.165) is 11.8 Å². The molecule has 6 heteroatoms. The summed E-state index contributed by atoms with van der Waals surface area (Å²) >= 11 is 0. The van der Waals surface area contributed by atoms with Crippen LogP contribution in [0.15, 0.2) is 69.8 Å². The van der Waals surface area contributed by atoms with Crippen LogP contribution >= 0.6 is 0 Å². The molecule has 2 aromatic carbocycles. The van der Waals surface area contributed by atoms with Gasteiger partial charge in [0, 0.05) is 62.1 Å². The fourth-order valence-corrected chi connectivity index (χ4v) is 4.98. The minimum absolute atomic E-state index is 0. The molecule has 0 aliphatic heterocycles. The second-order valence-corrected chi connectivity index (χ2v) is 12.9. The van der Waals surface area contributed by atoms with Crippen LogP contribution in [-0.4, -0.2) is 15.0 Å². The van der Waals surface area contributed by atoms with Crippen molar-refractivity contribution in [1.29, 1.82) is 0 Å². The van der Waals surface area contributed by atoms with Crippen molar-refractivity contribution in [2.45, 2.75) is 74.8 Å². The number of hydrogen-bond acceptors (Lipinski definition) is 5. The minimum Gasteiger partial charge on any atom is -0.500 e. The molecule has 239 valence electrons. The Hall–Kier alpha value is -3.86. The molecule has 5 aromatic heterocycles. The molecule has 0 saturated heterocycles. The molecule has 0 atom stereocenters. The van der Waals surface area contributed by atoms with Gasteiger partial charge in [0.1, 0.15) is 5.58 Å². The van der Waals surface area contributed by atoms with E-state index in [4.69, 9.17) is 26.7 Å². The SMILES string of the molecule is [2H]C([2H])([2H])c1cc2oc3c[c-]c(-c4cc(C([2H])([2H])[2H])c(C([2H])([2H])[2H])cn4)c4oc(n1)c2c34.[2H]C([2H])(c1cnc(-c2[c-]cccc2)cc1C([2H])([2H])C(C)(C)C)C(C)(C)C.[Ir]. The van der Waals surface area contributed by atoms with Crippen LogP contribution in [0, 0.1) is 43.5 Å². The van der Waals surface area contributed by atoms with Crippen molar-refractivity contribution < 1.29 is 46.8 Å². The predicted molar refractivity (Wildman–Crippen MR) is 184 cm³/mol. The molecule has 0 saturated carbocycles. The largest absolute Gasteiger partial charge is 0.500 e. The fraction of sp³-hybridized carbons (Fsp3) is 0.325. The number of furan rings is 2. The van der Waals surface area contributed by atoms with Crippen LogP contribution in [0.3, 0.4) is 0 Å². The molecule has 0 aliphatic carbocycles. The molecule has 0 fully saturated rings. The van der Waals surface area contributed by atoms with Gasteiger partial charge in [-0.2, -0.15) is 0 Å². The van der Waals surface area contributed by atoms with Crippen molar-refractivity contribution in [3.63, 3.8) is 0 Å². The number of aromatic nitrogens is 3. The first-order valence-corrected chi connectivity index (χ1v) is 14.4. The number of rotatable bonds is 4. The zero-order valence-corrected chi connectivity index (χ0v) is 28.7. The van der Waals surface area contributed by atoms with E-state index < -0.39 is 44.1 Å². The quantitative estimate of drug-likeness (QED) is 0.166. The van der Waals surface area contributed by atoms with Crippen LogP contribution in [0.25, 0.3) is 55.7 Å². The molecule has 7 rings (SSSR count). The van der Waals surface area contributed by atoms with E-state index in [2.05, 4.69) is 27.1 Å². The molecular formula is C40H41IrN3O2-2. The maximum absolute atomic E-state index is 8.77. The second kappa shape index (κ2) is 12.7. The topological polar surface area (TPSA) is 65.0 Å². The van der Waals surface area contributed by atoms with Gasteiger partial charge in [-0.1, -0.05) is 64.8 Å². The molecular weight excluding hydrogens is 747 g/mol. The molecule has 7 aromatic rings. The third-order valence-electron chi connectivity index (χ3n) is 6.74.